The lowest BCUT2D eigenvalue weighted by atomic mass is 10.1. The lowest BCUT2D eigenvalue weighted by Gasteiger charge is -2.25. The van der Waals surface area contributed by atoms with Crippen LogP contribution in [-0.4, -0.2) is 25.1 Å². The van der Waals surface area contributed by atoms with Crippen molar-refractivity contribution in [2.24, 2.45) is 0 Å². The quantitative estimate of drug-likeness (QED) is 0.0995. The molecule has 0 unspecified atom stereocenters. The first-order valence-electron chi connectivity index (χ1n) is 24.2. The van der Waals surface area contributed by atoms with Crippen molar-refractivity contribution in [2.45, 2.75) is 6.18 Å². The number of halogens is 3. The van der Waals surface area contributed by atoms with Crippen molar-refractivity contribution in [2.75, 3.05) is 14.7 Å². The molecule has 0 saturated heterocycles. The standard InChI is InChI=1S/C19H15NO.C17H13NO2.C17H13NOS.C12H7F3OS/c21-15-16-11-13-19(14-12-16)20(17-7-3-1-4-8-17)18-9-5-2-6-10-18;2*19-13-16-11-12-17(20-16)18(14-7-3-1-4-8-14)15-9-5-2-6-10-15;13-12(14,15)9-3-1-8(2-4-9)11-6-5-10(7-16)17-11/h1-15H;2*1-13H;1-7H. The van der Waals surface area contributed by atoms with Gasteiger partial charge in [-0.2, -0.15) is 13.2 Å². The second kappa shape index (κ2) is 27.2. The molecule has 0 aliphatic heterocycles. The number of anilines is 9. The molecular weight excluding hydrogens is 1020 g/mol. The summed E-state index contributed by atoms with van der Waals surface area (Å²) in [4.78, 5) is 51.4. The Labute approximate surface area is 457 Å². The van der Waals surface area contributed by atoms with E-state index >= 15 is 0 Å². The average Bonchev–Trinajstić information content (AvgIpc) is 4.36. The van der Waals surface area contributed by atoms with E-state index in [0.717, 1.165) is 85.6 Å². The molecule has 0 aliphatic carbocycles. The summed E-state index contributed by atoms with van der Waals surface area (Å²) in [6.07, 6.45) is -1.14. The Morgan fingerprint density at radius 1 is 0.346 bits per heavy atom. The van der Waals surface area contributed by atoms with Crippen LogP contribution in [0, 0.1) is 0 Å². The van der Waals surface area contributed by atoms with Gasteiger partial charge in [-0.05, 0) is 145 Å². The Balaban J connectivity index is 0.000000138. The number of nitrogens with zero attached hydrogens (tertiary/aromatic N) is 3. The minimum atomic E-state index is -4.32. The van der Waals surface area contributed by atoms with Gasteiger partial charge in [0.25, 0.3) is 0 Å². The SMILES string of the molecule is O=Cc1ccc(-c2ccc(C(F)(F)F)cc2)s1.O=Cc1ccc(N(c2ccccc2)c2ccccc2)cc1.O=Cc1ccc(N(c2ccccc2)c2ccccc2)o1.O=Cc1ccc(N(c2ccccc2)c2ccccc2)s1. The number of alkyl halides is 3. The third-order valence-corrected chi connectivity index (χ3v) is 13.6. The molecule has 11 rings (SSSR count). The molecule has 386 valence electrons. The summed E-state index contributed by atoms with van der Waals surface area (Å²) in [5, 5.41) is 1.03. The summed E-state index contributed by atoms with van der Waals surface area (Å²) >= 11 is 2.74. The molecule has 78 heavy (non-hydrogen) atoms. The Morgan fingerprint density at radius 3 is 1.12 bits per heavy atom. The first kappa shape index (κ1) is 54.6. The van der Waals surface area contributed by atoms with Crippen molar-refractivity contribution in [3.63, 3.8) is 0 Å². The maximum absolute atomic E-state index is 12.3. The van der Waals surface area contributed by atoms with Gasteiger partial charge in [-0.25, -0.2) is 0 Å². The van der Waals surface area contributed by atoms with Gasteiger partial charge in [0.15, 0.2) is 24.6 Å². The Hall–Kier alpha value is -9.69. The minimum absolute atomic E-state index is 0.317. The molecule has 0 amide bonds. The van der Waals surface area contributed by atoms with E-state index in [1.807, 2.05) is 175 Å². The van der Waals surface area contributed by atoms with E-state index < -0.39 is 11.7 Å². The molecule has 0 fully saturated rings. The van der Waals surface area contributed by atoms with Gasteiger partial charge in [-0.1, -0.05) is 121 Å². The molecule has 13 heteroatoms. The fraction of sp³-hybridized carbons (Fsp3) is 0.0154. The molecule has 0 saturated carbocycles. The van der Waals surface area contributed by atoms with Crippen molar-refractivity contribution in [1.29, 1.82) is 0 Å². The second-order valence-electron chi connectivity index (χ2n) is 16.7. The highest BCUT2D eigenvalue weighted by Crippen LogP contribution is 2.39. The summed E-state index contributed by atoms with van der Waals surface area (Å²) < 4.78 is 42.6. The number of aldehydes is 4. The van der Waals surface area contributed by atoms with Crippen LogP contribution in [0.25, 0.3) is 10.4 Å². The third kappa shape index (κ3) is 14.6. The van der Waals surface area contributed by atoms with E-state index in [1.54, 1.807) is 24.3 Å². The van der Waals surface area contributed by atoms with Crippen LogP contribution in [-0.2, 0) is 6.18 Å². The lowest BCUT2D eigenvalue weighted by Crippen LogP contribution is -2.09. The van der Waals surface area contributed by atoms with Crippen molar-refractivity contribution >= 4 is 98.5 Å². The smallest absolute Gasteiger partial charge is 0.416 e. The number of thiophene rings is 2. The second-order valence-corrected chi connectivity index (χ2v) is 18.9. The highest BCUT2D eigenvalue weighted by Gasteiger charge is 2.30. The van der Waals surface area contributed by atoms with Gasteiger partial charge in [0.2, 0.25) is 5.88 Å². The highest BCUT2D eigenvalue weighted by atomic mass is 32.1. The predicted octanol–water partition coefficient (Wildman–Crippen LogP) is 18.8. The summed E-state index contributed by atoms with van der Waals surface area (Å²) in [6.45, 7) is 0. The van der Waals surface area contributed by atoms with Gasteiger partial charge in [0, 0.05) is 56.3 Å². The zero-order valence-electron chi connectivity index (χ0n) is 41.5. The van der Waals surface area contributed by atoms with Crippen molar-refractivity contribution < 1.29 is 36.8 Å². The normalized spacial score (nSPS) is 10.4. The van der Waals surface area contributed by atoms with Crippen LogP contribution >= 0.6 is 22.7 Å². The predicted molar refractivity (Wildman–Crippen MR) is 310 cm³/mol. The van der Waals surface area contributed by atoms with E-state index in [-0.39, 0.29) is 0 Å². The van der Waals surface area contributed by atoms with Crippen LogP contribution in [0.4, 0.5) is 63.9 Å². The number of hydrogen-bond acceptors (Lipinski definition) is 10. The van der Waals surface area contributed by atoms with Crippen LogP contribution in [0.1, 0.15) is 45.8 Å². The van der Waals surface area contributed by atoms with Crippen molar-refractivity contribution in [3.8, 4) is 10.4 Å². The van der Waals surface area contributed by atoms with E-state index in [2.05, 4.69) is 58.3 Å². The zero-order chi connectivity index (χ0) is 54.5. The average molecular weight is 1070 g/mol. The zero-order valence-corrected chi connectivity index (χ0v) is 43.2. The maximum atomic E-state index is 12.3. The molecule has 8 aromatic carbocycles. The van der Waals surface area contributed by atoms with E-state index in [9.17, 15) is 32.3 Å². The summed E-state index contributed by atoms with van der Waals surface area (Å²) in [6, 6.07) is 83.6. The lowest BCUT2D eigenvalue weighted by molar-refractivity contribution is -0.137. The Bertz CT molecular complexity index is 3340. The monoisotopic (exact) mass is 1070 g/mol. The first-order chi connectivity index (χ1) is 38.1. The van der Waals surface area contributed by atoms with Crippen LogP contribution in [0.3, 0.4) is 0 Å². The minimum Gasteiger partial charge on any atom is -0.437 e. The summed E-state index contributed by atoms with van der Waals surface area (Å²) in [5.74, 6) is 0.932. The molecule has 0 radical (unpaired) electrons. The Morgan fingerprint density at radius 2 is 0.744 bits per heavy atom. The number of furan rings is 1. The molecule has 0 bridgehead atoms. The molecule has 0 atom stereocenters. The molecule has 11 aromatic rings. The fourth-order valence-electron chi connectivity index (χ4n) is 7.86. The van der Waals surface area contributed by atoms with Crippen molar-refractivity contribution in [1.82, 2.24) is 0 Å². The van der Waals surface area contributed by atoms with E-state index in [4.69, 9.17) is 4.42 Å². The van der Waals surface area contributed by atoms with Gasteiger partial charge >= 0.3 is 6.18 Å². The number of benzene rings is 8. The highest BCUT2D eigenvalue weighted by molar-refractivity contribution is 7.17. The van der Waals surface area contributed by atoms with Gasteiger partial charge in [-0.15, -0.1) is 22.7 Å². The number of para-hydroxylation sites is 6. The number of carbonyl (C=O) groups excluding carboxylic acids is 4. The van der Waals surface area contributed by atoms with Crippen LogP contribution < -0.4 is 14.7 Å². The fourth-order valence-corrected chi connectivity index (χ4v) is 9.56. The molecule has 0 N–H and O–H groups in total. The molecule has 3 heterocycles. The third-order valence-electron chi connectivity index (χ3n) is 11.5. The number of hydrogen-bond donors (Lipinski definition) is 0. The first-order valence-corrected chi connectivity index (χ1v) is 25.9. The van der Waals surface area contributed by atoms with Gasteiger partial charge < -0.3 is 14.2 Å². The molecule has 0 aliphatic rings. The number of rotatable bonds is 14. The van der Waals surface area contributed by atoms with Crippen LogP contribution in [0.5, 0.6) is 0 Å². The summed E-state index contributed by atoms with van der Waals surface area (Å²) in [7, 11) is 0. The van der Waals surface area contributed by atoms with Crippen LogP contribution in [0.15, 0.2) is 271 Å². The topological polar surface area (TPSA) is 91.1 Å². The van der Waals surface area contributed by atoms with Gasteiger partial charge in [0.1, 0.15) is 11.3 Å². The van der Waals surface area contributed by atoms with Gasteiger partial charge in [0.05, 0.1) is 15.3 Å². The molecule has 3 aromatic heterocycles. The molecule has 8 nitrogen and oxygen atoms in total. The Kier molecular flexibility index (Phi) is 19.0. The maximum Gasteiger partial charge on any atom is 0.416 e. The van der Waals surface area contributed by atoms with Crippen molar-refractivity contribution in [3.05, 3.63) is 294 Å². The molecule has 0 spiro atoms. The summed E-state index contributed by atoms with van der Waals surface area (Å²) in [5.41, 5.74) is 8.00. The van der Waals surface area contributed by atoms with E-state index in [1.165, 1.54) is 34.8 Å². The number of carbonyl (C=O) groups is 4. The van der Waals surface area contributed by atoms with Crippen LogP contribution in [0.2, 0.25) is 0 Å². The molecular formula is C65H48F3N3O5S2. The van der Waals surface area contributed by atoms with E-state index in [0.29, 0.717) is 33.9 Å². The largest absolute Gasteiger partial charge is 0.437 e. The van der Waals surface area contributed by atoms with Gasteiger partial charge in [-0.3, -0.25) is 24.1 Å².